The Morgan fingerprint density at radius 3 is 2.12 bits per heavy atom. The summed E-state index contributed by atoms with van der Waals surface area (Å²) in [5.41, 5.74) is 0. The summed E-state index contributed by atoms with van der Waals surface area (Å²) in [5.74, 6) is -1.21. The first-order chi connectivity index (χ1) is 3.63. The zero-order chi connectivity index (χ0) is 6.36. The lowest BCUT2D eigenvalue weighted by Gasteiger charge is -1.84. The highest BCUT2D eigenvalue weighted by Crippen LogP contribution is 2.62. The molecule has 0 aliphatic carbocycles. The molecule has 1 aliphatic rings. The molecule has 0 bridgehead atoms. The summed E-state index contributed by atoms with van der Waals surface area (Å²) in [6.45, 7) is -0.622. The third-order valence-corrected chi connectivity index (χ3v) is 2.92. The second-order valence-electron chi connectivity index (χ2n) is 1.74. The zero-order valence-electron chi connectivity index (χ0n) is 3.98. The topological polar surface area (TPSA) is 77.8 Å². The van der Waals surface area contributed by atoms with Gasteiger partial charge in [-0.15, -0.1) is 0 Å². The van der Waals surface area contributed by atoms with Crippen molar-refractivity contribution in [3.63, 3.8) is 0 Å². The van der Waals surface area contributed by atoms with E-state index in [0.717, 1.165) is 0 Å². The molecule has 1 aliphatic heterocycles. The molecule has 5 heteroatoms. The van der Waals surface area contributed by atoms with Crippen LogP contribution in [0.25, 0.3) is 0 Å². The lowest BCUT2D eigenvalue weighted by Crippen LogP contribution is -2.17. The number of aliphatic hydroxyl groups excluding tert-OH is 2. The van der Waals surface area contributed by atoms with Crippen LogP contribution in [-0.2, 0) is 4.57 Å². The Morgan fingerprint density at radius 2 is 2.12 bits per heavy atom. The Morgan fingerprint density at radius 1 is 1.75 bits per heavy atom. The van der Waals surface area contributed by atoms with Crippen LogP contribution in [0.15, 0.2) is 0 Å². The molecule has 0 aromatic heterocycles. The van der Waals surface area contributed by atoms with Gasteiger partial charge in [0.1, 0.15) is 6.61 Å². The fraction of sp³-hybridized carbons (Fsp3) is 1.00. The van der Waals surface area contributed by atoms with Crippen molar-refractivity contribution in [3.05, 3.63) is 0 Å². The molecule has 0 amide bonds. The molecule has 3 unspecified atom stereocenters. The number of rotatable bonds is 1. The summed E-state index contributed by atoms with van der Waals surface area (Å²) >= 11 is 0. The minimum absolute atomic E-state index is 0.622. The maximum absolute atomic E-state index is 10.3. The van der Waals surface area contributed by atoms with Crippen molar-refractivity contribution in [3.8, 4) is 0 Å². The van der Waals surface area contributed by atoms with Gasteiger partial charge in [0.25, 0.3) is 0 Å². The third kappa shape index (κ3) is 0.514. The smallest absolute Gasteiger partial charge is 0.388 e. The Kier molecular flexibility index (Phi) is 1.13. The average Bonchev–Trinajstić information content (AvgIpc) is 2.22. The first kappa shape index (κ1) is 6.11. The number of hydrogen-bond donors (Lipinski definition) is 3. The molecular weight excluding hydrogens is 131 g/mol. The molecule has 1 rings (SSSR count). The molecule has 0 saturated carbocycles. The Hall–Kier alpha value is -0.0200. The lowest BCUT2D eigenvalue weighted by atomic mass is 10.4. The third-order valence-electron chi connectivity index (χ3n) is 1.18. The van der Waals surface area contributed by atoms with Crippen LogP contribution in [0.1, 0.15) is 0 Å². The molecule has 8 heavy (non-hydrogen) atoms. The molecule has 4 nitrogen and oxygen atoms in total. The molecule has 3 atom stereocenters. The molecule has 1 fully saturated rings. The molecule has 1 saturated heterocycles. The van der Waals surface area contributed by atoms with Crippen molar-refractivity contribution in [1.29, 1.82) is 0 Å². The van der Waals surface area contributed by atoms with Crippen LogP contribution in [0.3, 0.4) is 0 Å². The van der Waals surface area contributed by atoms with E-state index in [-0.39, 0.29) is 0 Å². The molecule has 0 aromatic rings. The van der Waals surface area contributed by atoms with E-state index >= 15 is 0 Å². The standard InChI is InChI=1S/C3H6O4P/c4-1-3(6)2(5)8(3)7/h2,4-6H,1H2/q+1. The van der Waals surface area contributed by atoms with Crippen molar-refractivity contribution >= 4 is 7.80 Å². The van der Waals surface area contributed by atoms with Gasteiger partial charge >= 0.3 is 19.0 Å². The molecule has 0 aromatic carbocycles. The normalized spacial score (nSPS) is 49.4. The van der Waals surface area contributed by atoms with E-state index in [1.807, 2.05) is 0 Å². The summed E-state index contributed by atoms with van der Waals surface area (Å²) in [6, 6.07) is 0. The van der Waals surface area contributed by atoms with Gasteiger partial charge in [-0.3, -0.25) is 0 Å². The van der Waals surface area contributed by atoms with Gasteiger partial charge in [-0.1, -0.05) is 4.57 Å². The predicted molar refractivity (Wildman–Crippen MR) is 25.6 cm³/mol. The molecule has 3 N–H and O–H groups in total. The van der Waals surface area contributed by atoms with Gasteiger partial charge in [0.05, 0.1) is 0 Å². The zero-order valence-corrected chi connectivity index (χ0v) is 4.88. The van der Waals surface area contributed by atoms with Gasteiger partial charge in [-0.25, -0.2) is 0 Å². The van der Waals surface area contributed by atoms with Crippen molar-refractivity contribution in [2.45, 2.75) is 11.2 Å². The minimum atomic E-state index is -1.97. The van der Waals surface area contributed by atoms with Crippen LogP contribution < -0.4 is 0 Å². The Balaban J connectivity index is 2.63. The highest BCUT2D eigenvalue weighted by molar-refractivity contribution is 7.55. The molecular formula is C3H6O4P+. The van der Waals surface area contributed by atoms with E-state index in [2.05, 4.69) is 0 Å². The lowest BCUT2D eigenvalue weighted by molar-refractivity contribution is 0.0399. The van der Waals surface area contributed by atoms with Gasteiger partial charge in [-0.05, 0) is 0 Å². The Labute approximate surface area is 46.6 Å². The van der Waals surface area contributed by atoms with Gasteiger partial charge in [0, 0.05) is 0 Å². The van der Waals surface area contributed by atoms with Gasteiger partial charge in [0.15, 0.2) is 0 Å². The molecule has 1 heterocycles. The van der Waals surface area contributed by atoms with Crippen molar-refractivity contribution in [2.75, 3.05) is 6.61 Å². The first-order valence-electron chi connectivity index (χ1n) is 2.10. The summed E-state index contributed by atoms with van der Waals surface area (Å²) in [6.07, 6.45) is 0. The van der Waals surface area contributed by atoms with E-state index in [4.69, 9.17) is 15.3 Å². The minimum Gasteiger partial charge on any atom is -0.388 e. The van der Waals surface area contributed by atoms with Crippen LogP contribution in [0.4, 0.5) is 0 Å². The highest BCUT2D eigenvalue weighted by Gasteiger charge is 2.80. The van der Waals surface area contributed by atoms with Crippen molar-refractivity contribution in [2.24, 2.45) is 0 Å². The summed E-state index contributed by atoms with van der Waals surface area (Å²) in [7, 11) is -1.97. The van der Waals surface area contributed by atoms with Crippen LogP contribution in [0.5, 0.6) is 0 Å². The van der Waals surface area contributed by atoms with Crippen LogP contribution in [-0.4, -0.2) is 33.1 Å². The maximum atomic E-state index is 10.3. The maximum Gasteiger partial charge on any atom is 0.423 e. The SMILES string of the molecule is O=[P+]1C(O)C1(O)CO. The second-order valence-corrected chi connectivity index (χ2v) is 3.65. The van der Waals surface area contributed by atoms with E-state index in [1.54, 1.807) is 0 Å². The molecule has 46 valence electrons. The monoisotopic (exact) mass is 137 g/mol. The van der Waals surface area contributed by atoms with Crippen molar-refractivity contribution in [1.82, 2.24) is 0 Å². The molecule has 0 spiro atoms. The van der Waals surface area contributed by atoms with Gasteiger partial charge < -0.3 is 15.3 Å². The molecule has 0 radical (unpaired) electrons. The van der Waals surface area contributed by atoms with Crippen LogP contribution in [0.2, 0.25) is 0 Å². The highest BCUT2D eigenvalue weighted by atomic mass is 31.1. The number of hydrogen-bond acceptors (Lipinski definition) is 4. The van der Waals surface area contributed by atoms with E-state index in [1.165, 1.54) is 0 Å². The largest absolute Gasteiger partial charge is 0.423 e. The summed E-state index contributed by atoms with van der Waals surface area (Å²) < 4.78 is 10.3. The fourth-order valence-electron chi connectivity index (χ4n) is 0.434. The van der Waals surface area contributed by atoms with Crippen LogP contribution in [0, 0.1) is 0 Å². The van der Waals surface area contributed by atoms with Gasteiger partial charge in [0.2, 0.25) is 0 Å². The van der Waals surface area contributed by atoms with Crippen LogP contribution >= 0.6 is 7.80 Å². The summed E-state index contributed by atoms with van der Waals surface area (Å²) in [4.78, 5) is 0. The van der Waals surface area contributed by atoms with E-state index < -0.39 is 25.6 Å². The fourth-order valence-corrected chi connectivity index (χ4v) is 1.36. The van der Waals surface area contributed by atoms with Crippen molar-refractivity contribution < 1.29 is 19.9 Å². The summed E-state index contributed by atoms with van der Waals surface area (Å²) in [5, 5.41) is 23.7. The second kappa shape index (κ2) is 1.48. The predicted octanol–water partition coefficient (Wildman–Crippen LogP) is -1.17. The van der Waals surface area contributed by atoms with E-state index in [9.17, 15) is 4.57 Å². The van der Waals surface area contributed by atoms with E-state index in [0.29, 0.717) is 0 Å². The quantitative estimate of drug-likeness (QED) is 0.398. The number of aliphatic hydroxyl groups is 3. The average molecular weight is 137 g/mol. The first-order valence-corrected chi connectivity index (χ1v) is 3.43. The Bertz CT molecular complexity index is 135. The van der Waals surface area contributed by atoms with Gasteiger partial charge in [-0.2, -0.15) is 0 Å².